The Labute approximate surface area is 105 Å². The van der Waals surface area contributed by atoms with Gasteiger partial charge in [0.05, 0.1) is 11.9 Å². The largest absolute Gasteiger partial charge is 0.455 e. The Kier molecular flexibility index (Phi) is 5.04. The number of hydrazine groups is 1. The minimum atomic E-state index is -0.428. The van der Waals surface area contributed by atoms with Gasteiger partial charge in [-0.2, -0.15) is 0 Å². The van der Waals surface area contributed by atoms with Gasteiger partial charge in [0.25, 0.3) is 0 Å². The second-order valence-electron chi connectivity index (χ2n) is 3.96. The molecule has 2 atom stereocenters. The molecule has 0 spiro atoms. The van der Waals surface area contributed by atoms with E-state index in [1.165, 1.54) is 0 Å². The summed E-state index contributed by atoms with van der Waals surface area (Å²) in [4.78, 5) is 11.3. The number of nitrogens with two attached hydrogens (primary N) is 1. The summed E-state index contributed by atoms with van der Waals surface area (Å²) in [6.45, 7) is 5.48. The fourth-order valence-corrected chi connectivity index (χ4v) is 2.11. The van der Waals surface area contributed by atoms with Gasteiger partial charge in [-0.25, -0.2) is 5.84 Å². The number of aryl methyl sites for hydroxylation is 1. The van der Waals surface area contributed by atoms with E-state index >= 15 is 0 Å². The van der Waals surface area contributed by atoms with Gasteiger partial charge in [0.2, 0.25) is 0 Å². The number of carbonyl (C=O) groups is 1. The molecule has 0 aliphatic rings. The lowest BCUT2D eigenvalue weighted by molar-refractivity contribution is 0.0923. The van der Waals surface area contributed by atoms with Crippen LogP contribution < -0.4 is 11.3 Å². The first-order valence-corrected chi connectivity index (χ1v) is 6.40. The van der Waals surface area contributed by atoms with Crippen LogP contribution in [-0.4, -0.2) is 22.4 Å². The van der Waals surface area contributed by atoms with Gasteiger partial charge < -0.3 is 9.52 Å². The van der Waals surface area contributed by atoms with Crippen LogP contribution in [0.4, 0.5) is 0 Å². The van der Waals surface area contributed by atoms with Crippen LogP contribution in [0.3, 0.4) is 0 Å². The number of rotatable bonds is 5. The Bertz CT molecular complexity index is 390. The molecule has 1 rings (SSSR count). The molecule has 17 heavy (non-hydrogen) atoms. The van der Waals surface area contributed by atoms with Crippen molar-refractivity contribution in [2.24, 2.45) is 5.84 Å². The van der Waals surface area contributed by atoms with Crippen LogP contribution in [0.15, 0.2) is 10.5 Å². The zero-order valence-electron chi connectivity index (χ0n) is 10.2. The summed E-state index contributed by atoms with van der Waals surface area (Å²) in [6.07, 6.45) is -0.372. The second-order valence-corrected chi connectivity index (χ2v) is 5.32. The van der Waals surface area contributed by atoms with E-state index in [9.17, 15) is 9.90 Å². The second kappa shape index (κ2) is 6.09. The maximum Gasteiger partial charge on any atom is 0.301 e. The highest BCUT2D eigenvalue weighted by atomic mass is 32.2. The van der Waals surface area contributed by atoms with Crippen molar-refractivity contribution < 1.29 is 14.3 Å². The van der Waals surface area contributed by atoms with E-state index < -0.39 is 5.91 Å². The molecule has 0 saturated heterocycles. The van der Waals surface area contributed by atoms with E-state index in [2.05, 4.69) is 0 Å². The first-order valence-electron chi connectivity index (χ1n) is 5.35. The summed E-state index contributed by atoms with van der Waals surface area (Å²) >= 11 is 1.57. The minimum absolute atomic E-state index is 0.118. The Hall–Kier alpha value is -0.980. The van der Waals surface area contributed by atoms with Gasteiger partial charge in [-0.05, 0) is 19.9 Å². The predicted octanol–water partition coefficient (Wildman–Crippen LogP) is 1.19. The first kappa shape index (κ1) is 14.1. The maximum absolute atomic E-state index is 11.3. The molecule has 0 radical (unpaired) electrons. The first-order chi connectivity index (χ1) is 7.95. The molecule has 5 nitrogen and oxygen atoms in total. The van der Waals surface area contributed by atoms with Gasteiger partial charge in [-0.15, -0.1) is 11.8 Å². The molecule has 0 aliphatic heterocycles. The van der Waals surface area contributed by atoms with Crippen LogP contribution in [0.2, 0.25) is 0 Å². The van der Waals surface area contributed by atoms with E-state index in [1.54, 1.807) is 25.6 Å². The molecule has 0 aromatic carbocycles. The molecule has 1 aromatic heterocycles. The smallest absolute Gasteiger partial charge is 0.301 e. The third kappa shape index (κ3) is 3.76. The topological polar surface area (TPSA) is 88.5 Å². The summed E-state index contributed by atoms with van der Waals surface area (Å²) in [5.41, 5.74) is 2.80. The highest BCUT2D eigenvalue weighted by Gasteiger charge is 2.16. The van der Waals surface area contributed by atoms with E-state index in [4.69, 9.17) is 10.3 Å². The van der Waals surface area contributed by atoms with E-state index in [0.717, 1.165) is 5.56 Å². The fourth-order valence-electron chi connectivity index (χ4n) is 1.26. The predicted molar refractivity (Wildman–Crippen MR) is 67.5 cm³/mol. The molecule has 96 valence electrons. The number of aliphatic hydroxyl groups is 1. The Morgan fingerprint density at radius 2 is 2.29 bits per heavy atom. The number of hydrogen-bond donors (Lipinski definition) is 3. The van der Waals surface area contributed by atoms with Gasteiger partial charge >= 0.3 is 5.91 Å². The quantitative estimate of drug-likeness (QED) is 0.419. The normalized spacial score (nSPS) is 14.4. The van der Waals surface area contributed by atoms with E-state index in [0.29, 0.717) is 11.5 Å². The molecular formula is C11H18N2O3S. The number of amides is 1. The number of furan rings is 1. The maximum atomic E-state index is 11.3. The van der Waals surface area contributed by atoms with Crippen LogP contribution >= 0.6 is 11.8 Å². The molecule has 1 aromatic rings. The molecule has 0 fully saturated rings. The third-order valence-corrected chi connectivity index (χ3v) is 3.84. The third-order valence-electron chi connectivity index (χ3n) is 2.47. The van der Waals surface area contributed by atoms with Crippen molar-refractivity contribution in [1.82, 2.24) is 5.43 Å². The minimum Gasteiger partial charge on any atom is -0.455 e. The molecule has 1 heterocycles. The van der Waals surface area contributed by atoms with Crippen LogP contribution in [0.1, 0.15) is 35.7 Å². The monoisotopic (exact) mass is 258 g/mol. The molecule has 1 amide bonds. The highest BCUT2D eigenvalue weighted by molar-refractivity contribution is 7.99. The van der Waals surface area contributed by atoms with Gasteiger partial charge in [0.15, 0.2) is 5.76 Å². The Balaban J connectivity index is 2.65. The lowest BCUT2D eigenvalue weighted by Gasteiger charge is -2.12. The van der Waals surface area contributed by atoms with E-state index in [-0.39, 0.29) is 17.1 Å². The fraction of sp³-hybridized carbons (Fsp3) is 0.545. The summed E-state index contributed by atoms with van der Waals surface area (Å²) in [6, 6.07) is 1.81. The van der Waals surface area contributed by atoms with Crippen molar-refractivity contribution in [1.29, 1.82) is 0 Å². The summed E-state index contributed by atoms with van der Waals surface area (Å²) < 4.78 is 5.40. The molecule has 4 N–H and O–H groups in total. The van der Waals surface area contributed by atoms with Crippen molar-refractivity contribution in [3.63, 3.8) is 0 Å². The van der Waals surface area contributed by atoms with Crippen LogP contribution in [0, 0.1) is 6.92 Å². The van der Waals surface area contributed by atoms with Crippen LogP contribution in [-0.2, 0) is 5.75 Å². The van der Waals surface area contributed by atoms with E-state index in [1.807, 2.05) is 18.4 Å². The van der Waals surface area contributed by atoms with Gasteiger partial charge in [0, 0.05) is 10.8 Å². The molecular weight excluding hydrogens is 240 g/mol. The summed E-state index contributed by atoms with van der Waals surface area (Å²) in [7, 11) is 0. The summed E-state index contributed by atoms with van der Waals surface area (Å²) in [5.74, 6) is 6.18. The van der Waals surface area contributed by atoms with Crippen LogP contribution in [0.5, 0.6) is 0 Å². The van der Waals surface area contributed by atoms with Gasteiger partial charge in [-0.1, -0.05) is 6.92 Å². The molecule has 2 unspecified atom stereocenters. The standard InChI is InChI=1S/C11H18N2O3S/c1-6-4-9(5-17-8(3)7(2)14)16-10(6)11(15)13-12/h4,7-8,14H,5,12H2,1-3H3,(H,13,15). The summed E-state index contributed by atoms with van der Waals surface area (Å²) in [5, 5.41) is 9.47. The molecule has 6 heteroatoms. The Morgan fingerprint density at radius 1 is 1.65 bits per heavy atom. The van der Waals surface area contributed by atoms with Gasteiger partial charge in [0.1, 0.15) is 5.76 Å². The number of nitrogens with one attached hydrogen (secondary N) is 1. The lowest BCUT2D eigenvalue weighted by Crippen LogP contribution is -2.30. The zero-order chi connectivity index (χ0) is 13.0. The number of nitrogen functional groups attached to an aromatic ring is 1. The van der Waals surface area contributed by atoms with Crippen molar-refractivity contribution in [2.45, 2.75) is 37.9 Å². The van der Waals surface area contributed by atoms with Crippen molar-refractivity contribution in [3.8, 4) is 0 Å². The highest BCUT2D eigenvalue weighted by Crippen LogP contribution is 2.23. The lowest BCUT2D eigenvalue weighted by atomic mass is 10.2. The number of aliphatic hydroxyl groups excluding tert-OH is 1. The molecule has 0 aliphatic carbocycles. The van der Waals surface area contributed by atoms with Gasteiger partial charge in [-0.3, -0.25) is 10.2 Å². The van der Waals surface area contributed by atoms with Crippen molar-refractivity contribution >= 4 is 17.7 Å². The average Bonchev–Trinajstić information content (AvgIpc) is 2.66. The Morgan fingerprint density at radius 3 is 2.82 bits per heavy atom. The number of carbonyl (C=O) groups excluding carboxylic acids is 1. The van der Waals surface area contributed by atoms with Crippen molar-refractivity contribution in [2.75, 3.05) is 0 Å². The SMILES string of the molecule is Cc1cc(CSC(C)C(C)O)oc1C(=O)NN. The molecule has 0 bridgehead atoms. The zero-order valence-corrected chi connectivity index (χ0v) is 11.0. The van der Waals surface area contributed by atoms with Crippen molar-refractivity contribution in [3.05, 3.63) is 23.2 Å². The molecule has 0 saturated carbocycles. The number of hydrogen-bond acceptors (Lipinski definition) is 5. The number of thioether (sulfide) groups is 1. The van der Waals surface area contributed by atoms with Crippen LogP contribution in [0.25, 0.3) is 0 Å². The average molecular weight is 258 g/mol.